The topological polar surface area (TPSA) is 31.6 Å². The van der Waals surface area contributed by atoms with Crippen LogP contribution in [0.25, 0.3) is 43.6 Å². The Labute approximate surface area is 127 Å². The highest BCUT2D eigenvalue weighted by molar-refractivity contribution is 6.22. The quantitative estimate of drug-likeness (QED) is 0.372. The van der Waals surface area contributed by atoms with E-state index in [4.69, 9.17) is 0 Å². The highest BCUT2D eigenvalue weighted by atomic mass is 14.8. The molecule has 0 aliphatic heterocycles. The van der Waals surface area contributed by atoms with E-state index in [9.17, 15) is 0 Å². The molecule has 2 heteroatoms. The number of rotatable bonds is 0. The van der Waals surface area contributed by atoms with Crippen molar-refractivity contribution in [3.8, 4) is 0 Å². The van der Waals surface area contributed by atoms with Crippen molar-refractivity contribution in [3.05, 3.63) is 59.7 Å². The zero-order valence-electron chi connectivity index (χ0n) is 12.6. The van der Waals surface area contributed by atoms with Crippen LogP contribution in [0.1, 0.15) is 11.1 Å². The number of hydrogen-bond donors (Lipinski definition) is 2. The summed E-state index contributed by atoms with van der Waals surface area (Å²) in [6.45, 7) is 4.35. The van der Waals surface area contributed by atoms with E-state index < -0.39 is 0 Å². The van der Waals surface area contributed by atoms with Crippen molar-refractivity contribution in [2.24, 2.45) is 0 Å². The molecule has 0 radical (unpaired) electrons. The van der Waals surface area contributed by atoms with Crippen LogP contribution in [0.4, 0.5) is 0 Å². The number of fused-ring (bicyclic) bond motifs is 7. The van der Waals surface area contributed by atoms with E-state index in [1.807, 2.05) is 0 Å². The van der Waals surface area contributed by atoms with Crippen LogP contribution < -0.4 is 0 Å². The highest BCUT2D eigenvalue weighted by Gasteiger charge is 2.13. The van der Waals surface area contributed by atoms with E-state index in [1.165, 1.54) is 54.7 Å². The normalized spacial score (nSPS) is 12.1. The molecule has 2 nitrogen and oxygen atoms in total. The van der Waals surface area contributed by atoms with E-state index in [0.29, 0.717) is 0 Å². The summed E-state index contributed by atoms with van der Waals surface area (Å²) in [4.78, 5) is 7.22. The highest BCUT2D eigenvalue weighted by Crippen LogP contribution is 2.36. The average molecular weight is 284 g/mol. The minimum atomic E-state index is 1.21. The maximum Gasteiger partial charge on any atom is 0.0710 e. The Morgan fingerprint density at radius 3 is 1.50 bits per heavy atom. The molecule has 0 fully saturated rings. The first kappa shape index (κ1) is 11.9. The number of H-pyrrole nitrogens is 2. The molecule has 2 N–H and O–H groups in total. The summed E-state index contributed by atoms with van der Waals surface area (Å²) in [6.07, 6.45) is 0. The van der Waals surface area contributed by atoms with Crippen LogP contribution in [0.5, 0.6) is 0 Å². The first-order valence-corrected chi connectivity index (χ1v) is 7.65. The van der Waals surface area contributed by atoms with Crippen molar-refractivity contribution >= 4 is 43.6 Å². The van der Waals surface area contributed by atoms with Gasteiger partial charge in [-0.1, -0.05) is 36.4 Å². The third kappa shape index (κ3) is 1.34. The molecule has 5 rings (SSSR count). The molecule has 0 unspecified atom stereocenters. The van der Waals surface area contributed by atoms with Gasteiger partial charge < -0.3 is 9.97 Å². The van der Waals surface area contributed by atoms with Gasteiger partial charge in [-0.2, -0.15) is 0 Å². The zero-order valence-corrected chi connectivity index (χ0v) is 12.6. The van der Waals surface area contributed by atoms with Gasteiger partial charge in [0.05, 0.1) is 11.0 Å². The molecule has 0 amide bonds. The lowest BCUT2D eigenvalue weighted by Crippen LogP contribution is -1.74. The number of aromatic amines is 2. The lowest BCUT2D eigenvalue weighted by atomic mass is 10.0. The summed E-state index contributed by atoms with van der Waals surface area (Å²) in [6, 6.07) is 17.4. The van der Waals surface area contributed by atoms with Crippen molar-refractivity contribution < 1.29 is 0 Å². The fourth-order valence-corrected chi connectivity index (χ4v) is 3.81. The summed E-state index contributed by atoms with van der Waals surface area (Å²) in [5, 5.41) is 5.25. The molecule has 0 saturated heterocycles. The van der Waals surface area contributed by atoms with Gasteiger partial charge in [0.2, 0.25) is 0 Å². The van der Waals surface area contributed by atoms with Crippen LogP contribution in [-0.2, 0) is 0 Å². The smallest absolute Gasteiger partial charge is 0.0710 e. The van der Waals surface area contributed by atoms with E-state index in [2.05, 4.69) is 72.3 Å². The monoisotopic (exact) mass is 284 g/mol. The number of aromatic nitrogens is 2. The number of hydrogen-bond acceptors (Lipinski definition) is 0. The van der Waals surface area contributed by atoms with Crippen LogP contribution in [0.2, 0.25) is 0 Å². The molecule has 2 aromatic heterocycles. The van der Waals surface area contributed by atoms with E-state index in [1.54, 1.807) is 0 Å². The minimum absolute atomic E-state index is 1.21. The van der Waals surface area contributed by atoms with Crippen LogP contribution in [-0.4, -0.2) is 9.97 Å². The first-order chi connectivity index (χ1) is 10.7. The largest absolute Gasteiger partial charge is 0.353 e. The van der Waals surface area contributed by atoms with E-state index in [-0.39, 0.29) is 0 Å². The second-order valence-corrected chi connectivity index (χ2v) is 6.16. The maximum absolute atomic E-state index is 3.61. The first-order valence-electron chi connectivity index (χ1n) is 7.65. The van der Waals surface area contributed by atoms with Gasteiger partial charge in [0.1, 0.15) is 0 Å². The van der Waals surface area contributed by atoms with E-state index in [0.717, 1.165) is 0 Å². The molecule has 5 aromatic rings. The number of aryl methyl sites for hydroxylation is 2. The summed E-state index contributed by atoms with van der Waals surface area (Å²) >= 11 is 0. The van der Waals surface area contributed by atoms with Crippen LogP contribution in [0, 0.1) is 13.8 Å². The molecule has 3 aromatic carbocycles. The van der Waals surface area contributed by atoms with Gasteiger partial charge in [0, 0.05) is 32.6 Å². The lowest BCUT2D eigenvalue weighted by molar-refractivity contribution is 1.49. The Balaban J connectivity index is 2.09. The molecule has 0 spiro atoms. The Bertz CT molecular complexity index is 1090. The third-order valence-corrected chi connectivity index (χ3v) is 4.81. The van der Waals surface area contributed by atoms with Gasteiger partial charge in [0.25, 0.3) is 0 Å². The predicted molar refractivity (Wildman–Crippen MR) is 94.6 cm³/mol. The minimum Gasteiger partial charge on any atom is -0.353 e. The standard InChI is InChI=1S/C20H16N2/c1-11-5-3-7-15-17(11)13-9-10-14-18-12(2)6-4-8-16(18)22-20(14)19(13)21-15/h3-10,21-22H,1-2H3. The number of nitrogens with one attached hydrogen (secondary N) is 2. The molecule has 0 bridgehead atoms. The van der Waals surface area contributed by atoms with Gasteiger partial charge in [0.15, 0.2) is 0 Å². The molecule has 0 aliphatic carbocycles. The van der Waals surface area contributed by atoms with Crippen LogP contribution in [0.15, 0.2) is 48.5 Å². The SMILES string of the molecule is Cc1cccc2[nH]c3c(ccc4c3[nH]c3cccc(C)c34)c12. The Hall–Kier alpha value is -2.74. The predicted octanol–water partition coefficient (Wildman–Crippen LogP) is 5.57. The van der Waals surface area contributed by atoms with Gasteiger partial charge in [-0.25, -0.2) is 0 Å². The second-order valence-electron chi connectivity index (χ2n) is 6.16. The molecule has 0 aliphatic rings. The molecule has 0 saturated carbocycles. The van der Waals surface area contributed by atoms with Gasteiger partial charge in [-0.15, -0.1) is 0 Å². The lowest BCUT2D eigenvalue weighted by Gasteiger charge is -1.98. The third-order valence-electron chi connectivity index (χ3n) is 4.81. The zero-order chi connectivity index (χ0) is 14.8. The molecular weight excluding hydrogens is 268 g/mol. The van der Waals surface area contributed by atoms with Gasteiger partial charge in [-0.3, -0.25) is 0 Å². The van der Waals surface area contributed by atoms with Crippen LogP contribution in [0.3, 0.4) is 0 Å². The van der Waals surface area contributed by atoms with Crippen molar-refractivity contribution in [1.29, 1.82) is 0 Å². The summed E-state index contributed by atoms with van der Waals surface area (Å²) < 4.78 is 0. The summed E-state index contributed by atoms with van der Waals surface area (Å²) in [7, 11) is 0. The number of benzene rings is 3. The van der Waals surface area contributed by atoms with Crippen molar-refractivity contribution in [2.45, 2.75) is 13.8 Å². The van der Waals surface area contributed by atoms with Crippen molar-refractivity contribution in [1.82, 2.24) is 9.97 Å². The molecule has 22 heavy (non-hydrogen) atoms. The molecule has 2 heterocycles. The Morgan fingerprint density at radius 2 is 1.05 bits per heavy atom. The van der Waals surface area contributed by atoms with Crippen LogP contribution >= 0.6 is 0 Å². The Morgan fingerprint density at radius 1 is 0.591 bits per heavy atom. The fourth-order valence-electron chi connectivity index (χ4n) is 3.81. The molecular formula is C20H16N2. The summed E-state index contributed by atoms with van der Waals surface area (Å²) in [5.41, 5.74) is 7.45. The van der Waals surface area contributed by atoms with Crippen molar-refractivity contribution in [2.75, 3.05) is 0 Å². The van der Waals surface area contributed by atoms with Gasteiger partial charge in [-0.05, 0) is 37.1 Å². The summed E-state index contributed by atoms with van der Waals surface area (Å²) in [5.74, 6) is 0. The Kier molecular flexibility index (Phi) is 2.11. The second kappa shape index (κ2) is 3.92. The molecule has 106 valence electrons. The van der Waals surface area contributed by atoms with Gasteiger partial charge >= 0.3 is 0 Å². The molecule has 0 atom stereocenters. The maximum atomic E-state index is 3.61. The van der Waals surface area contributed by atoms with E-state index >= 15 is 0 Å². The average Bonchev–Trinajstić information content (AvgIpc) is 3.06. The van der Waals surface area contributed by atoms with Crippen molar-refractivity contribution in [3.63, 3.8) is 0 Å². The fraction of sp³-hybridized carbons (Fsp3) is 0.100.